The summed E-state index contributed by atoms with van der Waals surface area (Å²) in [6.45, 7) is 0. The van der Waals surface area contributed by atoms with Gasteiger partial charge in [0.05, 0.1) is 29.6 Å². The minimum absolute atomic E-state index is 0.000330. The van der Waals surface area contributed by atoms with Crippen molar-refractivity contribution in [3.8, 4) is 17.5 Å². The third-order valence-electron chi connectivity index (χ3n) is 3.52. The summed E-state index contributed by atoms with van der Waals surface area (Å²) < 4.78 is 6.10. The lowest BCUT2D eigenvalue weighted by Gasteiger charge is -2.12. The number of aromatic hydroxyl groups is 1. The molecule has 3 N–H and O–H groups in total. The summed E-state index contributed by atoms with van der Waals surface area (Å²) in [7, 11) is 1.22. The molecular formula is C16H12N4O3. The molecule has 7 heteroatoms. The lowest BCUT2D eigenvalue weighted by atomic mass is 10.1. The van der Waals surface area contributed by atoms with Crippen LogP contribution in [0.2, 0.25) is 0 Å². The molecule has 2 heterocycles. The average Bonchev–Trinajstić information content (AvgIpc) is 2.90. The highest BCUT2D eigenvalue weighted by Crippen LogP contribution is 2.34. The first kappa shape index (κ1) is 14.4. The smallest absolute Gasteiger partial charge is 0.357 e. The number of ether oxygens (including phenoxy) is 1. The zero-order valence-corrected chi connectivity index (χ0v) is 12.1. The first-order chi connectivity index (χ1) is 11.1. The van der Waals surface area contributed by atoms with E-state index >= 15 is 0 Å². The number of phenolic OH excluding ortho intramolecular Hbond substituents is 1. The van der Waals surface area contributed by atoms with E-state index in [0.717, 1.165) is 0 Å². The summed E-state index contributed by atoms with van der Waals surface area (Å²) in [6, 6.07) is 8.50. The van der Waals surface area contributed by atoms with Gasteiger partial charge in [0.15, 0.2) is 5.69 Å². The van der Waals surface area contributed by atoms with E-state index < -0.39 is 5.97 Å². The largest absolute Gasteiger partial charge is 0.506 e. The topological polar surface area (TPSA) is 114 Å². The molecule has 0 saturated heterocycles. The Kier molecular flexibility index (Phi) is 3.35. The van der Waals surface area contributed by atoms with Crippen molar-refractivity contribution >= 4 is 22.6 Å². The van der Waals surface area contributed by atoms with Gasteiger partial charge in [-0.1, -0.05) is 0 Å². The maximum absolute atomic E-state index is 12.1. The standard InChI is InChI=1S/C16H12N4O3/c1-23-16(22)15-13(18)9(7-17)8-20(15)14-10-3-2-6-19-11(10)4-5-12(14)21/h2-6,8,21H,18H2,1H3. The number of nitrogens with two attached hydrogens (primary N) is 1. The Balaban J connectivity index is 2.43. The zero-order valence-electron chi connectivity index (χ0n) is 12.1. The summed E-state index contributed by atoms with van der Waals surface area (Å²) in [4.78, 5) is 16.3. The second-order valence-corrected chi connectivity index (χ2v) is 4.78. The predicted octanol–water partition coefficient (Wildman–Crippen LogP) is 1.97. The van der Waals surface area contributed by atoms with Crippen molar-refractivity contribution in [2.45, 2.75) is 0 Å². The van der Waals surface area contributed by atoms with E-state index in [9.17, 15) is 9.90 Å². The number of fused-ring (bicyclic) bond motifs is 1. The zero-order chi connectivity index (χ0) is 16.6. The van der Waals surface area contributed by atoms with Crippen LogP contribution in [0.4, 0.5) is 5.69 Å². The second-order valence-electron chi connectivity index (χ2n) is 4.78. The molecule has 0 spiro atoms. The van der Waals surface area contributed by atoms with Crippen molar-refractivity contribution in [2.24, 2.45) is 0 Å². The Bertz CT molecular complexity index is 969. The molecule has 0 radical (unpaired) electrons. The van der Waals surface area contributed by atoms with Gasteiger partial charge < -0.3 is 20.1 Å². The third kappa shape index (κ3) is 2.13. The molecule has 0 atom stereocenters. The van der Waals surface area contributed by atoms with Gasteiger partial charge in [-0.25, -0.2) is 4.79 Å². The van der Waals surface area contributed by atoms with Crippen molar-refractivity contribution in [3.63, 3.8) is 0 Å². The van der Waals surface area contributed by atoms with Gasteiger partial charge in [-0.3, -0.25) is 4.98 Å². The van der Waals surface area contributed by atoms with Crippen LogP contribution < -0.4 is 5.73 Å². The first-order valence-electron chi connectivity index (χ1n) is 6.64. The second kappa shape index (κ2) is 5.35. The molecule has 0 aliphatic carbocycles. The van der Waals surface area contributed by atoms with Crippen LogP contribution in [0.5, 0.6) is 5.75 Å². The Labute approximate surface area is 131 Å². The molecule has 0 amide bonds. The number of aromatic nitrogens is 2. The number of nitrogens with zero attached hydrogens (tertiary/aromatic N) is 3. The summed E-state index contributed by atoms with van der Waals surface area (Å²) in [6.07, 6.45) is 3.01. The van der Waals surface area contributed by atoms with Crippen molar-refractivity contribution in [2.75, 3.05) is 12.8 Å². The van der Waals surface area contributed by atoms with E-state index in [1.807, 2.05) is 6.07 Å². The molecule has 23 heavy (non-hydrogen) atoms. The molecule has 0 fully saturated rings. The number of nitrogen functional groups attached to an aromatic ring is 1. The summed E-state index contributed by atoms with van der Waals surface area (Å²) >= 11 is 0. The van der Waals surface area contributed by atoms with E-state index in [4.69, 9.17) is 15.7 Å². The van der Waals surface area contributed by atoms with Crippen molar-refractivity contribution in [1.82, 2.24) is 9.55 Å². The minimum atomic E-state index is -0.704. The van der Waals surface area contributed by atoms with Crippen LogP contribution in [-0.4, -0.2) is 27.7 Å². The Morgan fingerprint density at radius 1 is 1.43 bits per heavy atom. The van der Waals surface area contributed by atoms with Crippen LogP contribution in [0.3, 0.4) is 0 Å². The molecule has 114 valence electrons. The van der Waals surface area contributed by atoms with Crippen LogP contribution in [0.25, 0.3) is 16.6 Å². The van der Waals surface area contributed by atoms with Crippen molar-refractivity contribution in [1.29, 1.82) is 5.26 Å². The molecule has 0 saturated carbocycles. The molecule has 0 unspecified atom stereocenters. The maximum atomic E-state index is 12.1. The van der Waals surface area contributed by atoms with E-state index in [-0.39, 0.29) is 22.7 Å². The van der Waals surface area contributed by atoms with Gasteiger partial charge in [-0.15, -0.1) is 0 Å². The van der Waals surface area contributed by atoms with Crippen LogP contribution in [0, 0.1) is 11.3 Å². The highest BCUT2D eigenvalue weighted by atomic mass is 16.5. The fraction of sp³-hybridized carbons (Fsp3) is 0.0625. The fourth-order valence-corrected chi connectivity index (χ4v) is 2.47. The predicted molar refractivity (Wildman–Crippen MR) is 83.2 cm³/mol. The van der Waals surface area contributed by atoms with Crippen LogP contribution in [0.1, 0.15) is 16.1 Å². The summed E-state index contributed by atoms with van der Waals surface area (Å²) in [5.74, 6) is -0.778. The minimum Gasteiger partial charge on any atom is -0.506 e. The number of methoxy groups -OCH3 is 1. The van der Waals surface area contributed by atoms with Gasteiger partial charge in [-0.05, 0) is 24.3 Å². The van der Waals surface area contributed by atoms with E-state index in [1.165, 1.54) is 23.9 Å². The van der Waals surface area contributed by atoms with Crippen molar-refractivity contribution in [3.05, 3.63) is 47.9 Å². The maximum Gasteiger partial charge on any atom is 0.357 e. The molecule has 0 aliphatic rings. The van der Waals surface area contributed by atoms with Gasteiger partial charge in [0.1, 0.15) is 11.8 Å². The number of esters is 1. The fourth-order valence-electron chi connectivity index (χ4n) is 2.47. The van der Waals surface area contributed by atoms with Crippen LogP contribution in [-0.2, 0) is 4.74 Å². The molecule has 0 bridgehead atoms. The molecule has 7 nitrogen and oxygen atoms in total. The molecular weight excluding hydrogens is 296 g/mol. The number of carbonyl (C=O) groups is 1. The van der Waals surface area contributed by atoms with Gasteiger partial charge in [-0.2, -0.15) is 5.26 Å². The highest BCUT2D eigenvalue weighted by molar-refractivity contribution is 5.98. The van der Waals surface area contributed by atoms with E-state index in [1.54, 1.807) is 24.4 Å². The molecule has 3 aromatic rings. The number of benzene rings is 1. The molecule has 1 aromatic carbocycles. The van der Waals surface area contributed by atoms with Gasteiger partial charge in [0.2, 0.25) is 0 Å². The summed E-state index contributed by atoms with van der Waals surface area (Å²) in [5.41, 5.74) is 6.92. The summed E-state index contributed by atoms with van der Waals surface area (Å²) in [5, 5.41) is 20.1. The number of anilines is 1. The number of hydrogen-bond donors (Lipinski definition) is 2. The molecule has 3 rings (SSSR count). The Hall–Kier alpha value is -3.53. The number of phenols is 1. The van der Waals surface area contributed by atoms with Gasteiger partial charge >= 0.3 is 5.97 Å². The van der Waals surface area contributed by atoms with E-state index in [2.05, 4.69) is 4.98 Å². The number of carbonyl (C=O) groups excluding carboxylic acids is 1. The van der Waals surface area contributed by atoms with Crippen LogP contribution in [0.15, 0.2) is 36.7 Å². The molecule has 2 aromatic heterocycles. The quantitative estimate of drug-likeness (QED) is 0.699. The lowest BCUT2D eigenvalue weighted by Crippen LogP contribution is -2.11. The SMILES string of the molecule is COC(=O)c1c(N)c(C#N)cn1-c1c(O)ccc2ncccc12. The molecule has 0 aliphatic heterocycles. The van der Waals surface area contributed by atoms with Crippen LogP contribution >= 0.6 is 0 Å². The third-order valence-corrected chi connectivity index (χ3v) is 3.52. The monoisotopic (exact) mass is 308 g/mol. The van der Waals surface area contributed by atoms with Crippen molar-refractivity contribution < 1.29 is 14.6 Å². The normalized spacial score (nSPS) is 10.4. The Morgan fingerprint density at radius 2 is 2.22 bits per heavy atom. The van der Waals surface area contributed by atoms with Gasteiger partial charge in [0.25, 0.3) is 0 Å². The number of hydrogen-bond acceptors (Lipinski definition) is 6. The number of nitriles is 1. The highest BCUT2D eigenvalue weighted by Gasteiger charge is 2.24. The lowest BCUT2D eigenvalue weighted by molar-refractivity contribution is 0.0593. The van der Waals surface area contributed by atoms with Gasteiger partial charge in [0, 0.05) is 17.8 Å². The number of pyridine rings is 1. The average molecular weight is 308 g/mol. The van der Waals surface area contributed by atoms with E-state index in [0.29, 0.717) is 16.6 Å². The Morgan fingerprint density at radius 3 is 2.91 bits per heavy atom. The number of rotatable bonds is 2. The first-order valence-corrected chi connectivity index (χ1v) is 6.64.